The predicted octanol–water partition coefficient (Wildman–Crippen LogP) is 2.17. The van der Waals surface area contributed by atoms with Crippen LogP contribution in [-0.2, 0) is 22.7 Å². The Bertz CT molecular complexity index is 793. The largest absolute Gasteiger partial charge is 0.497 e. The lowest BCUT2D eigenvalue weighted by Crippen LogP contribution is -2.13. The Kier molecular flexibility index (Phi) is 9.83. The number of carboxylic acid groups (broad SMARTS) is 2. The molecule has 0 amide bonds. The molecule has 2 aromatic rings. The molecule has 0 saturated heterocycles. The maximum absolute atomic E-state index is 9.10. The van der Waals surface area contributed by atoms with Gasteiger partial charge in [-0.15, -0.1) is 0 Å². The molecular weight excluding hydrogens is 382 g/mol. The normalized spacial score (nSPS) is 9.66. The Hall–Kier alpha value is -3.46. The third-order valence-electron chi connectivity index (χ3n) is 3.77. The molecule has 9 heteroatoms. The summed E-state index contributed by atoms with van der Waals surface area (Å²) in [5.74, 6) is -0.837. The van der Waals surface area contributed by atoms with Crippen LogP contribution in [0.15, 0.2) is 36.4 Å². The van der Waals surface area contributed by atoms with Crippen molar-refractivity contribution in [2.24, 2.45) is 0 Å². The summed E-state index contributed by atoms with van der Waals surface area (Å²) in [4.78, 5) is 18.2. The average Bonchev–Trinajstić information content (AvgIpc) is 2.73. The van der Waals surface area contributed by atoms with E-state index in [0.29, 0.717) is 23.8 Å². The fourth-order valence-corrected chi connectivity index (χ4v) is 2.39. The van der Waals surface area contributed by atoms with Crippen molar-refractivity contribution >= 4 is 11.9 Å². The number of methoxy groups -OCH3 is 4. The van der Waals surface area contributed by atoms with Gasteiger partial charge in [0.25, 0.3) is 0 Å². The van der Waals surface area contributed by atoms with E-state index in [1.54, 1.807) is 28.4 Å². The van der Waals surface area contributed by atoms with E-state index < -0.39 is 11.9 Å². The summed E-state index contributed by atoms with van der Waals surface area (Å²) in [5, 5.41) is 18.2. The quantitative estimate of drug-likeness (QED) is 0.565. The number of carbonyl (C=O) groups is 2. The molecular formula is C20H25NO8. The van der Waals surface area contributed by atoms with E-state index in [4.69, 9.17) is 38.7 Å². The SMILES string of the molecule is COc1ccc(CNCc2ccc(OC)c(OC)c2OC)cc1.O=C(O)C(=O)O. The van der Waals surface area contributed by atoms with Gasteiger partial charge in [0.15, 0.2) is 11.5 Å². The highest BCUT2D eigenvalue weighted by Crippen LogP contribution is 2.39. The van der Waals surface area contributed by atoms with Gasteiger partial charge in [-0.25, -0.2) is 9.59 Å². The Labute approximate surface area is 168 Å². The van der Waals surface area contributed by atoms with E-state index in [2.05, 4.69) is 5.32 Å². The molecule has 0 aliphatic carbocycles. The molecule has 29 heavy (non-hydrogen) atoms. The zero-order valence-electron chi connectivity index (χ0n) is 16.7. The van der Waals surface area contributed by atoms with Crippen LogP contribution in [0.3, 0.4) is 0 Å². The Morgan fingerprint density at radius 3 is 1.79 bits per heavy atom. The van der Waals surface area contributed by atoms with Gasteiger partial charge in [-0.3, -0.25) is 0 Å². The van der Waals surface area contributed by atoms with E-state index in [1.807, 2.05) is 36.4 Å². The fraction of sp³-hybridized carbons (Fsp3) is 0.300. The second-order valence-corrected chi connectivity index (χ2v) is 5.56. The molecule has 0 heterocycles. The molecule has 158 valence electrons. The second kappa shape index (κ2) is 12.1. The maximum Gasteiger partial charge on any atom is 0.414 e. The van der Waals surface area contributed by atoms with Gasteiger partial charge < -0.3 is 34.5 Å². The van der Waals surface area contributed by atoms with Gasteiger partial charge in [-0.05, 0) is 23.8 Å². The third kappa shape index (κ3) is 7.23. The van der Waals surface area contributed by atoms with Gasteiger partial charge in [0.2, 0.25) is 5.75 Å². The molecule has 0 saturated carbocycles. The number of carboxylic acids is 2. The van der Waals surface area contributed by atoms with Gasteiger partial charge in [-0.1, -0.05) is 18.2 Å². The van der Waals surface area contributed by atoms with Gasteiger partial charge >= 0.3 is 11.9 Å². The molecule has 0 atom stereocenters. The number of hydrogen-bond donors (Lipinski definition) is 3. The Morgan fingerprint density at radius 2 is 1.34 bits per heavy atom. The highest BCUT2D eigenvalue weighted by Gasteiger charge is 2.15. The smallest absolute Gasteiger partial charge is 0.414 e. The first-order valence-corrected chi connectivity index (χ1v) is 8.45. The molecule has 0 bridgehead atoms. The number of aliphatic carboxylic acids is 2. The minimum atomic E-state index is -1.82. The average molecular weight is 407 g/mol. The summed E-state index contributed by atoms with van der Waals surface area (Å²) >= 11 is 0. The molecule has 0 aromatic heterocycles. The number of ether oxygens (including phenoxy) is 4. The van der Waals surface area contributed by atoms with E-state index in [9.17, 15) is 0 Å². The zero-order chi connectivity index (χ0) is 21.8. The van der Waals surface area contributed by atoms with Gasteiger partial charge in [0.1, 0.15) is 5.75 Å². The third-order valence-corrected chi connectivity index (χ3v) is 3.77. The summed E-state index contributed by atoms with van der Waals surface area (Å²) in [6, 6.07) is 11.8. The van der Waals surface area contributed by atoms with E-state index in [0.717, 1.165) is 17.9 Å². The van der Waals surface area contributed by atoms with Crippen LogP contribution in [0, 0.1) is 0 Å². The Morgan fingerprint density at radius 1 is 0.759 bits per heavy atom. The lowest BCUT2D eigenvalue weighted by molar-refractivity contribution is -0.159. The highest BCUT2D eigenvalue weighted by molar-refractivity contribution is 6.27. The number of rotatable bonds is 8. The van der Waals surface area contributed by atoms with E-state index in [-0.39, 0.29) is 0 Å². The van der Waals surface area contributed by atoms with Gasteiger partial charge in [-0.2, -0.15) is 0 Å². The zero-order valence-corrected chi connectivity index (χ0v) is 16.7. The highest BCUT2D eigenvalue weighted by atomic mass is 16.5. The number of benzene rings is 2. The minimum Gasteiger partial charge on any atom is -0.497 e. The molecule has 0 unspecified atom stereocenters. The van der Waals surface area contributed by atoms with Gasteiger partial charge in [0.05, 0.1) is 28.4 Å². The van der Waals surface area contributed by atoms with Crippen LogP contribution in [0.2, 0.25) is 0 Å². The molecule has 0 radical (unpaired) electrons. The van der Waals surface area contributed by atoms with Crippen molar-refractivity contribution in [1.29, 1.82) is 0 Å². The van der Waals surface area contributed by atoms with Crippen LogP contribution in [-0.4, -0.2) is 50.6 Å². The molecule has 0 aliphatic heterocycles. The summed E-state index contributed by atoms with van der Waals surface area (Å²) in [5.41, 5.74) is 2.20. The first-order valence-electron chi connectivity index (χ1n) is 8.45. The van der Waals surface area contributed by atoms with Crippen molar-refractivity contribution in [3.05, 3.63) is 47.5 Å². The van der Waals surface area contributed by atoms with Crippen molar-refractivity contribution in [3.8, 4) is 23.0 Å². The minimum absolute atomic E-state index is 0.610. The van der Waals surface area contributed by atoms with E-state index in [1.165, 1.54) is 5.56 Å². The lowest BCUT2D eigenvalue weighted by Gasteiger charge is -2.16. The van der Waals surface area contributed by atoms with Gasteiger partial charge in [0, 0.05) is 18.7 Å². The standard InChI is InChI=1S/C18H23NO4.C2H2O4/c1-20-15-8-5-13(6-9-15)11-19-12-14-7-10-16(21-2)18(23-4)17(14)22-3;3-1(4)2(5)6/h5-10,19H,11-12H2,1-4H3;(H,3,4)(H,5,6). The van der Waals surface area contributed by atoms with Crippen molar-refractivity contribution in [1.82, 2.24) is 5.32 Å². The summed E-state index contributed by atoms with van der Waals surface area (Å²) < 4.78 is 21.3. The van der Waals surface area contributed by atoms with Crippen molar-refractivity contribution in [2.45, 2.75) is 13.1 Å². The van der Waals surface area contributed by atoms with Crippen molar-refractivity contribution < 1.29 is 38.7 Å². The van der Waals surface area contributed by atoms with E-state index >= 15 is 0 Å². The van der Waals surface area contributed by atoms with Crippen LogP contribution in [0.1, 0.15) is 11.1 Å². The molecule has 3 N–H and O–H groups in total. The molecule has 0 aliphatic rings. The van der Waals surface area contributed by atoms with Crippen LogP contribution in [0.5, 0.6) is 23.0 Å². The molecule has 0 fully saturated rings. The molecule has 0 spiro atoms. The predicted molar refractivity (Wildman–Crippen MR) is 105 cm³/mol. The first-order chi connectivity index (χ1) is 13.9. The van der Waals surface area contributed by atoms with Crippen LogP contribution < -0.4 is 24.3 Å². The van der Waals surface area contributed by atoms with Crippen LogP contribution >= 0.6 is 0 Å². The monoisotopic (exact) mass is 407 g/mol. The lowest BCUT2D eigenvalue weighted by atomic mass is 10.1. The van der Waals surface area contributed by atoms with Crippen LogP contribution in [0.25, 0.3) is 0 Å². The number of hydrogen-bond acceptors (Lipinski definition) is 7. The first kappa shape index (κ1) is 23.6. The topological polar surface area (TPSA) is 124 Å². The molecule has 2 rings (SSSR count). The Balaban J connectivity index is 0.000000612. The summed E-state index contributed by atoms with van der Waals surface area (Å²) in [6.45, 7) is 1.41. The summed E-state index contributed by atoms with van der Waals surface area (Å²) in [7, 11) is 6.51. The van der Waals surface area contributed by atoms with Crippen molar-refractivity contribution in [3.63, 3.8) is 0 Å². The van der Waals surface area contributed by atoms with Crippen molar-refractivity contribution in [2.75, 3.05) is 28.4 Å². The molecule has 2 aromatic carbocycles. The summed E-state index contributed by atoms with van der Waals surface area (Å²) in [6.07, 6.45) is 0. The number of nitrogens with one attached hydrogen (secondary N) is 1. The fourth-order valence-electron chi connectivity index (χ4n) is 2.39. The second-order valence-electron chi connectivity index (χ2n) is 5.56. The molecule has 9 nitrogen and oxygen atoms in total. The van der Waals surface area contributed by atoms with Crippen LogP contribution in [0.4, 0.5) is 0 Å². The maximum atomic E-state index is 9.10.